The van der Waals surface area contributed by atoms with Crippen molar-refractivity contribution in [1.82, 2.24) is 10.2 Å². The summed E-state index contributed by atoms with van der Waals surface area (Å²) in [4.78, 5) is 13.4. The fraction of sp³-hybridized carbons (Fsp3) is 0.500. The van der Waals surface area contributed by atoms with Crippen molar-refractivity contribution in [3.63, 3.8) is 0 Å². The van der Waals surface area contributed by atoms with Crippen molar-refractivity contribution < 1.29 is 9.18 Å². The Morgan fingerprint density at radius 2 is 2.32 bits per heavy atom. The third kappa shape index (κ3) is 4.01. The summed E-state index contributed by atoms with van der Waals surface area (Å²) in [5.74, 6) is -0.00219. The second-order valence-corrected chi connectivity index (χ2v) is 5.83. The molecule has 104 valence electrons. The monoisotopic (exact) mass is 328 g/mol. The van der Waals surface area contributed by atoms with Crippen LogP contribution < -0.4 is 5.32 Å². The topological polar surface area (TPSA) is 32.3 Å². The van der Waals surface area contributed by atoms with E-state index >= 15 is 0 Å². The van der Waals surface area contributed by atoms with E-state index in [-0.39, 0.29) is 17.8 Å². The largest absolute Gasteiger partial charge is 0.341 e. The minimum atomic E-state index is -0.250. The predicted molar refractivity (Wildman–Crippen MR) is 76.2 cm³/mol. The molecule has 0 radical (unpaired) electrons. The van der Waals surface area contributed by atoms with Crippen LogP contribution in [0, 0.1) is 5.82 Å². The highest BCUT2D eigenvalue weighted by Crippen LogP contribution is 2.17. The molecule has 2 rings (SSSR count). The number of rotatable bonds is 5. The third-order valence-electron chi connectivity index (χ3n) is 3.30. The first-order chi connectivity index (χ1) is 9.06. The molecule has 1 atom stereocenters. The summed E-state index contributed by atoms with van der Waals surface area (Å²) in [5.41, 5.74) is 1.02. The Labute approximate surface area is 121 Å². The molecule has 1 fully saturated rings. The quantitative estimate of drug-likeness (QED) is 0.901. The van der Waals surface area contributed by atoms with Crippen molar-refractivity contribution in [2.24, 2.45) is 0 Å². The molecule has 1 aliphatic heterocycles. The Morgan fingerprint density at radius 3 is 2.95 bits per heavy atom. The average molecular weight is 329 g/mol. The SMILES string of the molecule is CC(CN1CCCC1=O)NCc1ccc(F)c(Br)c1. The molecule has 1 unspecified atom stereocenters. The summed E-state index contributed by atoms with van der Waals surface area (Å²) in [6.07, 6.45) is 1.65. The minimum absolute atomic E-state index is 0.228. The highest BCUT2D eigenvalue weighted by Gasteiger charge is 2.21. The van der Waals surface area contributed by atoms with E-state index in [4.69, 9.17) is 0 Å². The standard InChI is InChI=1S/C14H18BrFN2O/c1-10(9-18-6-2-3-14(18)19)17-8-11-4-5-13(16)12(15)7-11/h4-5,7,10,17H,2-3,6,8-9H2,1H3. The van der Waals surface area contributed by atoms with Crippen LogP contribution in [0.1, 0.15) is 25.3 Å². The molecule has 1 N–H and O–H groups in total. The zero-order valence-electron chi connectivity index (χ0n) is 11.0. The Morgan fingerprint density at radius 1 is 1.53 bits per heavy atom. The smallest absolute Gasteiger partial charge is 0.222 e. The van der Waals surface area contributed by atoms with Crippen LogP contribution in [0.25, 0.3) is 0 Å². The molecule has 1 aromatic rings. The lowest BCUT2D eigenvalue weighted by Gasteiger charge is -2.21. The number of nitrogens with one attached hydrogen (secondary N) is 1. The first-order valence-corrected chi connectivity index (χ1v) is 7.30. The van der Waals surface area contributed by atoms with Crippen molar-refractivity contribution in [2.75, 3.05) is 13.1 Å². The zero-order valence-corrected chi connectivity index (χ0v) is 12.5. The predicted octanol–water partition coefficient (Wildman–Crippen LogP) is 2.69. The van der Waals surface area contributed by atoms with Gasteiger partial charge in [-0.1, -0.05) is 6.07 Å². The second kappa shape index (κ2) is 6.48. The molecule has 1 heterocycles. The number of benzene rings is 1. The molecule has 0 saturated carbocycles. The maximum Gasteiger partial charge on any atom is 0.222 e. The van der Waals surface area contributed by atoms with Gasteiger partial charge >= 0.3 is 0 Å². The molecule has 19 heavy (non-hydrogen) atoms. The summed E-state index contributed by atoms with van der Waals surface area (Å²) in [7, 11) is 0. The number of halogens is 2. The lowest BCUT2D eigenvalue weighted by Crippen LogP contribution is -2.39. The van der Waals surface area contributed by atoms with Gasteiger partial charge in [-0.05, 0) is 47.0 Å². The van der Waals surface area contributed by atoms with E-state index < -0.39 is 0 Å². The van der Waals surface area contributed by atoms with Crippen LogP contribution in [0.5, 0.6) is 0 Å². The summed E-state index contributed by atoms with van der Waals surface area (Å²) < 4.78 is 13.6. The molecule has 0 spiro atoms. The van der Waals surface area contributed by atoms with Crippen LogP contribution >= 0.6 is 15.9 Å². The summed E-state index contributed by atoms with van der Waals surface area (Å²) in [6.45, 7) is 4.33. The van der Waals surface area contributed by atoms with Crippen LogP contribution in [0.3, 0.4) is 0 Å². The van der Waals surface area contributed by atoms with Gasteiger partial charge in [0, 0.05) is 32.1 Å². The van der Waals surface area contributed by atoms with Crippen molar-refractivity contribution in [3.05, 3.63) is 34.1 Å². The highest BCUT2D eigenvalue weighted by molar-refractivity contribution is 9.10. The molecule has 1 amide bonds. The maximum absolute atomic E-state index is 13.1. The molecule has 0 aliphatic carbocycles. The van der Waals surface area contributed by atoms with Crippen LogP contribution in [-0.2, 0) is 11.3 Å². The maximum atomic E-state index is 13.1. The first-order valence-electron chi connectivity index (χ1n) is 6.51. The Kier molecular flexibility index (Phi) is 4.93. The summed E-state index contributed by atoms with van der Waals surface area (Å²) in [6, 6.07) is 5.22. The highest BCUT2D eigenvalue weighted by atomic mass is 79.9. The van der Waals surface area contributed by atoms with Gasteiger partial charge in [-0.2, -0.15) is 0 Å². The number of hydrogen-bond donors (Lipinski definition) is 1. The minimum Gasteiger partial charge on any atom is -0.341 e. The van der Waals surface area contributed by atoms with E-state index in [0.29, 0.717) is 17.4 Å². The van der Waals surface area contributed by atoms with E-state index in [0.717, 1.165) is 25.1 Å². The molecule has 1 aromatic carbocycles. The van der Waals surface area contributed by atoms with E-state index in [1.807, 2.05) is 4.90 Å². The van der Waals surface area contributed by atoms with Gasteiger partial charge in [0.05, 0.1) is 4.47 Å². The molecular formula is C14H18BrFN2O. The first kappa shape index (κ1) is 14.5. The van der Waals surface area contributed by atoms with E-state index in [9.17, 15) is 9.18 Å². The van der Waals surface area contributed by atoms with Gasteiger partial charge < -0.3 is 10.2 Å². The number of nitrogens with zero attached hydrogens (tertiary/aromatic N) is 1. The number of amides is 1. The van der Waals surface area contributed by atoms with Crippen LogP contribution in [-0.4, -0.2) is 29.9 Å². The van der Waals surface area contributed by atoms with Gasteiger partial charge in [-0.15, -0.1) is 0 Å². The van der Waals surface area contributed by atoms with E-state index in [2.05, 4.69) is 28.2 Å². The number of hydrogen-bond acceptors (Lipinski definition) is 2. The lowest BCUT2D eigenvalue weighted by molar-refractivity contribution is -0.127. The van der Waals surface area contributed by atoms with E-state index in [1.54, 1.807) is 12.1 Å². The molecule has 1 aliphatic rings. The van der Waals surface area contributed by atoms with Gasteiger partial charge in [0.2, 0.25) is 5.91 Å². The van der Waals surface area contributed by atoms with Gasteiger partial charge in [-0.3, -0.25) is 4.79 Å². The summed E-state index contributed by atoms with van der Waals surface area (Å²) >= 11 is 3.18. The van der Waals surface area contributed by atoms with Gasteiger partial charge in [0.1, 0.15) is 5.82 Å². The lowest BCUT2D eigenvalue weighted by atomic mass is 10.2. The number of carbonyl (C=O) groups excluding carboxylic acids is 1. The third-order valence-corrected chi connectivity index (χ3v) is 3.91. The molecular weight excluding hydrogens is 311 g/mol. The van der Waals surface area contributed by atoms with Crippen LogP contribution in [0.2, 0.25) is 0 Å². The summed E-state index contributed by atoms with van der Waals surface area (Å²) in [5, 5.41) is 3.36. The Balaban J connectivity index is 1.81. The van der Waals surface area contributed by atoms with Gasteiger partial charge in [-0.25, -0.2) is 4.39 Å². The molecule has 0 aromatic heterocycles. The Hall–Kier alpha value is -0.940. The van der Waals surface area contributed by atoms with Crippen LogP contribution in [0.15, 0.2) is 22.7 Å². The Bertz CT molecular complexity index is 467. The molecule has 0 bridgehead atoms. The number of carbonyl (C=O) groups is 1. The van der Waals surface area contributed by atoms with Crippen molar-refractivity contribution in [2.45, 2.75) is 32.4 Å². The van der Waals surface area contributed by atoms with Crippen molar-refractivity contribution in [3.8, 4) is 0 Å². The average Bonchev–Trinajstić information content (AvgIpc) is 2.77. The number of likely N-dealkylation sites (tertiary alicyclic amines) is 1. The fourth-order valence-electron chi connectivity index (χ4n) is 2.23. The van der Waals surface area contributed by atoms with Crippen LogP contribution in [0.4, 0.5) is 4.39 Å². The normalized spacial score (nSPS) is 17.0. The molecule has 1 saturated heterocycles. The van der Waals surface area contributed by atoms with Gasteiger partial charge in [0.15, 0.2) is 0 Å². The van der Waals surface area contributed by atoms with Crippen molar-refractivity contribution >= 4 is 21.8 Å². The fourth-order valence-corrected chi connectivity index (χ4v) is 2.66. The molecule has 5 heteroatoms. The zero-order chi connectivity index (χ0) is 13.8. The van der Waals surface area contributed by atoms with Crippen molar-refractivity contribution in [1.29, 1.82) is 0 Å². The van der Waals surface area contributed by atoms with E-state index in [1.165, 1.54) is 6.07 Å². The molecule has 3 nitrogen and oxygen atoms in total. The second-order valence-electron chi connectivity index (χ2n) is 4.97. The van der Waals surface area contributed by atoms with Gasteiger partial charge in [0.25, 0.3) is 0 Å².